The summed E-state index contributed by atoms with van der Waals surface area (Å²) >= 11 is 0. The van der Waals surface area contributed by atoms with Crippen molar-refractivity contribution >= 4 is 5.82 Å². The smallest absolute Gasteiger partial charge is 0.123 e. The first-order chi connectivity index (χ1) is 9.08. The van der Waals surface area contributed by atoms with Crippen molar-refractivity contribution in [2.75, 3.05) is 33.0 Å². The molecule has 1 aliphatic rings. The molecule has 0 aromatic carbocycles. The number of nitrogen functional groups attached to an aromatic ring is 1. The van der Waals surface area contributed by atoms with Crippen LogP contribution in [0, 0.1) is 5.92 Å². The molecule has 1 atom stereocenters. The van der Waals surface area contributed by atoms with E-state index in [1.54, 1.807) is 0 Å². The SMILES string of the molecule is CC(c1ccc(N)nc1CN(C)C)C1CCOCC1. The lowest BCUT2D eigenvalue weighted by molar-refractivity contribution is 0.0594. The zero-order valence-electron chi connectivity index (χ0n) is 12.2. The molecule has 4 nitrogen and oxygen atoms in total. The van der Waals surface area contributed by atoms with Crippen LogP contribution >= 0.6 is 0 Å². The first kappa shape index (κ1) is 14.3. The highest BCUT2D eigenvalue weighted by atomic mass is 16.5. The molecule has 2 heterocycles. The lowest BCUT2D eigenvalue weighted by Gasteiger charge is -2.29. The van der Waals surface area contributed by atoms with Gasteiger partial charge in [0.15, 0.2) is 0 Å². The number of rotatable bonds is 4. The van der Waals surface area contributed by atoms with Crippen molar-refractivity contribution in [1.82, 2.24) is 9.88 Å². The Balaban J connectivity index is 2.21. The Kier molecular flexibility index (Phi) is 4.77. The van der Waals surface area contributed by atoms with Crippen molar-refractivity contribution in [1.29, 1.82) is 0 Å². The molecule has 19 heavy (non-hydrogen) atoms. The van der Waals surface area contributed by atoms with Crippen LogP contribution in [0.25, 0.3) is 0 Å². The Labute approximate surface area is 116 Å². The summed E-state index contributed by atoms with van der Waals surface area (Å²) in [5.41, 5.74) is 8.29. The van der Waals surface area contributed by atoms with E-state index in [0.717, 1.165) is 38.3 Å². The van der Waals surface area contributed by atoms with Crippen LogP contribution in [-0.4, -0.2) is 37.2 Å². The molecule has 0 spiro atoms. The summed E-state index contributed by atoms with van der Waals surface area (Å²) in [4.78, 5) is 6.67. The lowest BCUT2D eigenvalue weighted by Crippen LogP contribution is -2.23. The van der Waals surface area contributed by atoms with Crippen molar-refractivity contribution in [3.63, 3.8) is 0 Å². The van der Waals surface area contributed by atoms with Gasteiger partial charge >= 0.3 is 0 Å². The molecule has 106 valence electrons. The molecule has 0 saturated carbocycles. The third-order valence-electron chi connectivity index (χ3n) is 3.96. The number of nitrogens with zero attached hydrogens (tertiary/aromatic N) is 2. The van der Waals surface area contributed by atoms with E-state index in [4.69, 9.17) is 10.5 Å². The van der Waals surface area contributed by atoms with Gasteiger partial charge in [-0.15, -0.1) is 0 Å². The molecule has 1 unspecified atom stereocenters. The Bertz CT molecular complexity index is 414. The molecule has 2 N–H and O–H groups in total. The molecule has 0 bridgehead atoms. The number of hydrogen-bond acceptors (Lipinski definition) is 4. The molecule has 0 aliphatic carbocycles. The predicted octanol–water partition coefficient (Wildman–Crippen LogP) is 2.26. The van der Waals surface area contributed by atoms with Gasteiger partial charge in [0.1, 0.15) is 5.82 Å². The van der Waals surface area contributed by atoms with Gasteiger partial charge in [-0.25, -0.2) is 4.98 Å². The fraction of sp³-hybridized carbons (Fsp3) is 0.667. The monoisotopic (exact) mass is 263 g/mol. The van der Waals surface area contributed by atoms with Crippen LogP contribution in [0.4, 0.5) is 5.82 Å². The summed E-state index contributed by atoms with van der Waals surface area (Å²) in [5.74, 6) is 1.83. The highest BCUT2D eigenvalue weighted by molar-refractivity contribution is 5.36. The van der Waals surface area contributed by atoms with Crippen molar-refractivity contribution in [3.8, 4) is 0 Å². The van der Waals surface area contributed by atoms with Crippen LogP contribution < -0.4 is 5.73 Å². The first-order valence-electron chi connectivity index (χ1n) is 7.05. The predicted molar refractivity (Wildman–Crippen MR) is 78.0 cm³/mol. The van der Waals surface area contributed by atoms with E-state index in [1.807, 2.05) is 6.07 Å². The maximum atomic E-state index is 5.83. The number of ether oxygens (including phenoxy) is 1. The van der Waals surface area contributed by atoms with Crippen LogP contribution in [0.3, 0.4) is 0 Å². The average molecular weight is 263 g/mol. The zero-order valence-corrected chi connectivity index (χ0v) is 12.2. The summed E-state index contributed by atoms with van der Waals surface area (Å²) in [5, 5.41) is 0. The molecule has 2 rings (SSSR count). The Morgan fingerprint density at radius 1 is 1.37 bits per heavy atom. The molecule has 0 amide bonds. The molecular weight excluding hydrogens is 238 g/mol. The quantitative estimate of drug-likeness (QED) is 0.905. The summed E-state index contributed by atoms with van der Waals surface area (Å²) in [7, 11) is 4.13. The Morgan fingerprint density at radius 3 is 2.68 bits per heavy atom. The van der Waals surface area contributed by atoms with Crippen LogP contribution in [0.15, 0.2) is 12.1 Å². The summed E-state index contributed by atoms with van der Waals surface area (Å²) in [6, 6.07) is 4.08. The first-order valence-corrected chi connectivity index (χ1v) is 7.05. The van der Waals surface area contributed by atoms with Gasteiger partial charge in [0.25, 0.3) is 0 Å². The Morgan fingerprint density at radius 2 is 2.05 bits per heavy atom. The zero-order chi connectivity index (χ0) is 13.8. The third kappa shape index (κ3) is 3.67. The fourth-order valence-electron chi connectivity index (χ4n) is 2.84. The van der Waals surface area contributed by atoms with Gasteiger partial charge in [0.2, 0.25) is 0 Å². The van der Waals surface area contributed by atoms with Gasteiger partial charge in [-0.3, -0.25) is 0 Å². The summed E-state index contributed by atoms with van der Waals surface area (Å²) in [6.45, 7) is 4.93. The van der Waals surface area contributed by atoms with E-state index in [0.29, 0.717) is 17.7 Å². The van der Waals surface area contributed by atoms with Crippen LogP contribution in [0.2, 0.25) is 0 Å². The topological polar surface area (TPSA) is 51.4 Å². The van der Waals surface area contributed by atoms with E-state index in [9.17, 15) is 0 Å². The van der Waals surface area contributed by atoms with E-state index < -0.39 is 0 Å². The minimum atomic E-state index is 0.520. The molecule has 1 aromatic rings. The molecule has 1 aromatic heterocycles. The second kappa shape index (κ2) is 6.35. The normalized spacial score (nSPS) is 18.7. The number of aromatic nitrogens is 1. The Hall–Kier alpha value is -1.13. The number of nitrogens with two attached hydrogens (primary N) is 1. The highest BCUT2D eigenvalue weighted by Gasteiger charge is 2.24. The van der Waals surface area contributed by atoms with E-state index in [1.165, 1.54) is 5.56 Å². The largest absolute Gasteiger partial charge is 0.384 e. The van der Waals surface area contributed by atoms with E-state index in [2.05, 4.69) is 37.0 Å². The molecular formula is C15H25N3O. The maximum Gasteiger partial charge on any atom is 0.123 e. The van der Waals surface area contributed by atoms with E-state index in [-0.39, 0.29) is 0 Å². The fourth-order valence-corrected chi connectivity index (χ4v) is 2.84. The summed E-state index contributed by atoms with van der Waals surface area (Å²) < 4.78 is 5.46. The van der Waals surface area contributed by atoms with Crippen molar-refractivity contribution < 1.29 is 4.74 Å². The average Bonchev–Trinajstić information content (AvgIpc) is 2.38. The van der Waals surface area contributed by atoms with Crippen LogP contribution in [0.1, 0.15) is 36.9 Å². The minimum absolute atomic E-state index is 0.520. The van der Waals surface area contributed by atoms with Gasteiger partial charge in [0.05, 0.1) is 5.69 Å². The molecule has 1 saturated heterocycles. The lowest BCUT2D eigenvalue weighted by atomic mass is 9.82. The standard InChI is InChI=1S/C15H25N3O/c1-11(12-6-8-19-9-7-12)13-4-5-15(16)17-14(13)10-18(2)3/h4-5,11-12H,6-10H2,1-3H3,(H2,16,17). The van der Waals surface area contributed by atoms with Crippen LogP contribution in [0.5, 0.6) is 0 Å². The molecule has 4 heteroatoms. The van der Waals surface area contributed by atoms with Crippen molar-refractivity contribution in [2.24, 2.45) is 5.92 Å². The highest BCUT2D eigenvalue weighted by Crippen LogP contribution is 2.33. The number of anilines is 1. The molecule has 0 radical (unpaired) electrons. The van der Waals surface area contributed by atoms with Gasteiger partial charge in [-0.2, -0.15) is 0 Å². The van der Waals surface area contributed by atoms with Gasteiger partial charge in [0, 0.05) is 19.8 Å². The third-order valence-corrected chi connectivity index (χ3v) is 3.96. The van der Waals surface area contributed by atoms with Crippen LogP contribution in [-0.2, 0) is 11.3 Å². The second-order valence-corrected chi connectivity index (χ2v) is 5.75. The summed E-state index contributed by atoms with van der Waals surface area (Å²) in [6.07, 6.45) is 2.29. The van der Waals surface area contributed by atoms with Crippen molar-refractivity contribution in [2.45, 2.75) is 32.2 Å². The number of hydrogen-bond donors (Lipinski definition) is 1. The van der Waals surface area contributed by atoms with Crippen molar-refractivity contribution in [3.05, 3.63) is 23.4 Å². The van der Waals surface area contributed by atoms with Gasteiger partial charge < -0.3 is 15.4 Å². The minimum Gasteiger partial charge on any atom is -0.384 e. The maximum absolute atomic E-state index is 5.83. The second-order valence-electron chi connectivity index (χ2n) is 5.75. The van der Waals surface area contributed by atoms with E-state index >= 15 is 0 Å². The number of pyridine rings is 1. The van der Waals surface area contributed by atoms with Gasteiger partial charge in [-0.1, -0.05) is 13.0 Å². The molecule has 1 fully saturated rings. The molecule has 1 aliphatic heterocycles. The van der Waals surface area contributed by atoms with Gasteiger partial charge in [-0.05, 0) is 50.4 Å².